The van der Waals surface area contributed by atoms with Crippen LogP contribution in [-0.2, 0) is 14.8 Å². The summed E-state index contributed by atoms with van der Waals surface area (Å²) in [4.78, 5) is 0. The van der Waals surface area contributed by atoms with Crippen molar-refractivity contribution in [3.05, 3.63) is 0 Å². The Balaban J connectivity index is 1.71. The molecule has 1 saturated carbocycles. The summed E-state index contributed by atoms with van der Waals surface area (Å²) in [6, 6.07) is 0. The van der Waals surface area contributed by atoms with E-state index in [9.17, 15) is 8.42 Å². The molecule has 5 heteroatoms. The molecule has 2 aliphatic heterocycles. The summed E-state index contributed by atoms with van der Waals surface area (Å²) < 4.78 is 31.7. The molecule has 0 amide bonds. The molecule has 3 atom stereocenters. The molecule has 0 aromatic heterocycles. The molecule has 0 N–H and O–H groups in total. The number of piperidine rings is 1. The van der Waals surface area contributed by atoms with Crippen molar-refractivity contribution in [2.24, 2.45) is 5.92 Å². The first-order valence-electron chi connectivity index (χ1n) is 6.22. The van der Waals surface area contributed by atoms with Crippen LogP contribution in [0.5, 0.6) is 0 Å². The van der Waals surface area contributed by atoms with Crippen molar-refractivity contribution >= 4 is 10.0 Å². The molecule has 0 aromatic rings. The maximum Gasteiger partial charge on any atom is 0.216 e. The van der Waals surface area contributed by atoms with Gasteiger partial charge in [0.25, 0.3) is 0 Å². The third kappa shape index (κ3) is 1.79. The normalized spacial score (nSPS) is 40.9. The minimum Gasteiger partial charge on any atom is -0.375 e. The third-order valence-corrected chi connectivity index (χ3v) is 6.34. The van der Waals surface area contributed by atoms with Crippen LogP contribution in [0.1, 0.15) is 32.6 Å². The van der Waals surface area contributed by atoms with Gasteiger partial charge in [0.1, 0.15) is 0 Å². The van der Waals surface area contributed by atoms with Crippen molar-refractivity contribution in [2.45, 2.75) is 50.1 Å². The SMILES string of the molecule is C[C@@H]1C[C@@H]2CN(S(=O)(=O)C3CC3)CC[C@H]2O1. The van der Waals surface area contributed by atoms with Gasteiger partial charge in [-0.15, -0.1) is 0 Å². The molecule has 3 rings (SSSR count). The molecular weight excluding hydrogens is 226 g/mol. The Morgan fingerprint density at radius 2 is 2.00 bits per heavy atom. The maximum atomic E-state index is 12.1. The van der Waals surface area contributed by atoms with Gasteiger partial charge in [0.05, 0.1) is 17.5 Å². The van der Waals surface area contributed by atoms with Crippen LogP contribution in [0.2, 0.25) is 0 Å². The molecule has 0 spiro atoms. The first-order valence-corrected chi connectivity index (χ1v) is 7.72. The predicted octanol–water partition coefficient (Wildman–Crippen LogP) is 0.978. The first kappa shape index (κ1) is 11.0. The lowest BCUT2D eigenvalue weighted by atomic mass is 9.94. The Bertz CT molecular complexity index is 377. The lowest BCUT2D eigenvalue weighted by Gasteiger charge is -2.33. The molecule has 92 valence electrons. The second-order valence-corrected chi connectivity index (χ2v) is 7.58. The Kier molecular flexibility index (Phi) is 2.53. The lowest BCUT2D eigenvalue weighted by molar-refractivity contribution is 0.0206. The number of hydrogen-bond acceptors (Lipinski definition) is 3. The van der Waals surface area contributed by atoms with E-state index in [1.54, 1.807) is 4.31 Å². The summed E-state index contributed by atoms with van der Waals surface area (Å²) in [6.07, 6.45) is 4.22. The van der Waals surface area contributed by atoms with Crippen LogP contribution in [0.3, 0.4) is 0 Å². The fourth-order valence-electron chi connectivity index (χ4n) is 2.97. The summed E-state index contributed by atoms with van der Waals surface area (Å²) in [5.41, 5.74) is 0. The fourth-order valence-corrected chi connectivity index (χ4v) is 4.88. The summed E-state index contributed by atoms with van der Waals surface area (Å²) in [5.74, 6) is 0.428. The van der Waals surface area contributed by atoms with Crippen molar-refractivity contribution < 1.29 is 13.2 Å². The Hall–Kier alpha value is -0.130. The van der Waals surface area contributed by atoms with E-state index in [2.05, 4.69) is 6.92 Å². The van der Waals surface area contributed by atoms with E-state index < -0.39 is 10.0 Å². The zero-order chi connectivity index (χ0) is 11.3. The van der Waals surface area contributed by atoms with Gasteiger partial charge in [0.2, 0.25) is 10.0 Å². The van der Waals surface area contributed by atoms with Gasteiger partial charge in [-0.25, -0.2) is 12.7 Å². The Morgan fingerprint density at radius 3 is 2.69 bits per heavy atom. The quantitative estimate of drug-likeness (QED) is 0.728. The number of rotatable bonds is 2. The third-order valence-electron chi connectivity index (χ3n) is 3.97. The molecule has 0 bridgehead atoms. The highest BCUT2D eigenvalue weighted by molar-refractivity contribution is 7.90. The highest BCUT2D eigenvalue weighted by atomic mass is 32.2. The molecule has 3 aliphatic rings. The van der Waals surface area contributed by atoms with E-state index in [-0.39, 0.29) is 5.25 Å². The van der Waals surface area contributed by atoms with Gasteiger partial charge in [-0.1, -0.05) is 0 Å². The van der Waals surface area contributed by atoms with Crippen molar-refractivity contribution in [2.75, 3.05) is 13.1 Å². The molecule has 1 aliphatic carbocycles. The second-order valence-electron chi connectivity index (χ2n) is 5.37. The highest BCUT2D eigenvalue weighted by Gasteiger charge is 2.45. The molecule has 0 unspecified atom stereocenters. The van der Waals surface area contributed by atoms with E-state index in [1.807, 2.05) is 0 Å². The minimum atomic E-state index is -2.97. The van der Waals surface area contributed by atoms with Crippen LogP contribution in [0, 0.1) is 5.92 Å². The number of nitrogens with zero attached hydrogens (tertiary/aromatic N) is 1. The van der Waals surface area contributed by atoms with Crippen LogP contribution in [0.4, 0.5) is 0 Å². The van der Waals surface area contributed by atoms with Crippen molar-refractivity contribution in [1.82, 2.24) is 4.31 Å². The molecule has 0 aromatic carbocycles. The largest absolute Gasteiger partial charge is 0.375 e. The Morgan fingerprint density at radius 1 is 1.25 bits per heavy atom. The predicted molar refractivity (Wildman–Crippen MR) is 60.6 cm³/mol. The zero-order valence-electron chi connectivity index (χ0n) is 9.63. The van der Waals surface area contributed by atoms with E-state index in [1.165, 1.54) is 0 Å². The molecule has 0 radical (unpaired) electrons. The fraction of sp³-hybridized carbons (Fsp3) is 1.00. The monoisotopic (exact) mass is 245 g/mol. The van der Waals surface area contributed by atoms with Crippen LogP contribution < -0.4 is 0 Å². The van der Waals surface area contributed by atoms with E-state index in [0.717, 1.165) is 25.7 Å². The molecule has 4 nitrogen and oxygen atoms in total. The van der Waals surface area contributed by atoms with Crippen molar-refractivity contribution in [1.29, 1.82) is 0 Å². The van der Waals surface area contributed by atoms with Crippen LogP contribution in [0.15, 0.2) is 0 Å². The molecule has 16 heavy (non-hydrogen) atoms. The summed E-state index contributed by atoms with van der Waals surface area (Å²) in [5, 5.41) is -0.0659. The van der Waals surface area contributed by atoms with Gasteiger partial charge < -0.3 is 4.74 Å². The van der Waals surface area contributed by atoms with E-state index in [0.29, 0.717) is 31.2 Å². The number of fused-ring (bicyclic) bond motifs is 1. The van der Waals surface area contributed by atoms with Crippen molar-refractivity contribution in [3.8, 4) is 0 Å². The number of ether oxygens (including phenoxy) is 1. The van der Waals surface area contributed by atoms with Crippen LogP contribution >= 0.6 is 0 Å². The molecular formula is C11H19NO3S. The number of hydrogen-bond donors (Lipinski definition) is 0. The van der Waals surface area contributed by atoms with E-state index >= 15 is 0 Å². The van der Waals surface area contributed by atoms with Crippen molar-refractivity contribution in [3.63, 3.8) is 0 Å². The summed E-state index contributed by atoms with van der Waals surface area (Å²) in [7, 11) is -2.97. The smallest absolute Gasteiger partial charge is 0.216 e. The molecule has 2 heterocycles. The summed E-state index contributed by atoms with van der Waals surface area (Å²) in [6.45, 7) is 3.43. The zero-order valence-corrected chi connectivity index (χ0v) is 10.4. The topological polar surface area (TPSA) is 46.6 Å². The van der Waals surface area contributed by atoms with E-state index in [4.69, 9.17) is 4.74 Å². The average Bonchev–Trinajstić information content (AvgIpc) is 3.00. The number of sulfonamides is 1. The van der Waals surface area contributed by atoms with Gasteiger partial charge in [-0.3, -0.25) is 0 Å². The standard InChI is InChI=1S/C11H19NO3S/c1-8-6-9-7-12(5-4-11(9)15-8)16(13,14)10-2-3-10/h8-11H,2-7H2,1H3/t8-,9-,11-/m1/s1. The van der Waals surface area contributed by atoms with Gasteiger partial charge in [0.15, 0.2) is 0 Å². The van der Waals surface area contributed by atoms with Gasteiger partial charge >= 0.3 is 0 Å². The van der Waals surface area contributed by atoms with Gasteiger partial charge in [0, 0.05) is 19.0 Å². The first-order chi connectivity index (χ1) is 7.57. The van der Waals surface area contributed by atoms with Crippen LogP contribution in [0.25, 0.3) is 0 Å². The second kappa shape index (κ2) is 3.68. The molecule has 3 fully saturated rings. The lowest BCUT2D eigenvalue weighted by Crippen LogP contribution is -2.45. The summed E-state index contributed by atoms with van der Waals surface area (Å²) >= 11 is 0. The van der Waals surface area contributed by atoms with Gasteiger partial charge in [-0.2, -0.15) is 0 Å². The van der Waals surface area contributed by atoms with Crippen LogP contribution in [-0.4, -0.2) is 43.3 Å². The molecule has 2 saturated heterocycles. The Labute approximate surface area is 97.0 Å². The minimum absolute atomic E-state index is 0.0659. The van der Waals surface area contributed by atoms with Gasteiger partial charge in [-0.05, 0) is 32.6 Å². The average molecular weight is 245 g/mol. The maximum absolute atomic E-state index is 12.1. The highest BCUT2D eigenvalue weighted by Crippen LogP contribution is 2.37.